The summed E-state index contributed by atoms with van der Waals surface area (Å²) >= 11 is 3.44. The van der Waals surface area contributed by atoms with E-state index in [9.17, 15) is 0 Å². The van der Waals surface area contributed by atoms with Gasteiger partial charge < -0.3 is 9.31 Å². The van der Waals surface area contributed by atoms with Crippen LogP contribution in [0, 0.1) is 0 Å². The van der Waals surface area contributed by atoms with E-state index < -0.39 is 0 Å². The van der Waals surface area contributed by atoms with Gasteiger partial charge in [0.2, 0.25) is 0 Å². The van der Waals surface area contributed by atoms with Gasteiger partial charge in [0.1, 0.15) is 0 Å². The van der Waals surface area contributed by atoms with E-state index in [1.165, 1.54) is 19.3 Å². The van der Waals surface area contributed by atoms with Crippen molar-refractivity contribution < 1.29 is 9.31 Å². The summed E-state index contributed by atoms with van der Waals surface area (Å²) in [6.07, 6.45) is 4.68. The Morgan fingerprint density at radius 2 is 1.47 bits per heavy atom. The van der Waals surface area contributed by atoms with Crippen molar-refractivity contribution in [1.29, 1.82) is 0 Å². The highest BCUT2D eigenvalue weighted by Gasteiger charge is 2.50. The van der Waals surface area contributed by atoms with E-state index in [0.29, 0.717) is 0 Å². The molecule has 15 heavy (non-hydrogen) atoms. The van der Waals surface area contributed by atoms with Gasteiger partial charge in [-0.15, -0.1) is 0 Å². The monoisotopic (exact) mass is 276 g/mol. The molecule has 1 heterocycles. The molecule has 0 bridgehead atoms. The molecule has 0 aromatic rings. The number of halogens is 1. The van der Waals surface area contributed by atoms with Crippen LogP contribution in [-0.2, 0) is 9.31 Å². The van der Waals surface area contributed by atoms with Gasteiger partial charge in [0.05, 0.1) is 11.2 Å². The lowest BCUT2D eigenvalue weighted by molar-refractivity contribution is 0.00578. The van der Waals surface area contributed by atoms with Gasteiger partial charge in [-0.1, -0.05) is 28.8 Å². The molecular formula is C11H22BBrO2. The first-order valence-electron chi connectivity index (χ1n) is 5.81. The van der Waals surface area contributed by atoms with Crippen LogP contribution < -0.4 is 0 Å². The lowest BCUT2D eigenvalue weighted by Crippen LogP contribution is -2.41. The molecule has 0 N–H and O–H groups in total. The van der Waals surface area contributed by atoms with Gasteiger partial charge >= 0.3 is 7.12 Å². The predicted molar refractivity (Wildman–Crippen MR) is 68.5 cm³/mol. The van der Waals surface area contributed by atoms with Crippen molar-refractivity contribution in [2.45, 2.75) is 64.5 Å². The molecule has 0 radical (unpaired) electrons. The minimum absolute atomic E-state index is 0.00896. The maximum absolute atomic E-state index is 5.91. The highest BCUT2D eigenvalue weighted by molar-refractivity contribution is 9.09. The van der Waals surface area contributed by atoms with E-state index in [1.807, 2.05) is 0 Å². The van der Waals surface area contributed by atoms with Gasteiger partial charge in [-0.3, -0.25) is 0 Å². The normalized spacial score (nSPS) is 23.4. The Morgan fingerprint density at radius 3 is 1.93 bits per heavy atom. The van der Waals surface area contributed by atoms with Crippen LogP contribution in [0.1, 0.15) is 47.0 Å². The topological polar surface area (TPSA) is 18.5 Å². The Hall–Kier alpha value is 0.465. The zero-order valence-electron chi connectivity index (χ0n) is 10.3. The van der Waals surface area contributed by atoms with Gasteiger partial charge in [0, 0.05) is 5.33 Å². The maximum Gasteiger partial charge on any atom is 0.457 e. The maximum atomic E-state index is 5.91. The average Bonchev–Trinajstić information content (AvgIpc) is 2.30. The molecule has 0 aromatic heterocycles. The van der Waals surface area contributed by atoms with Gasteiger partial charge in [0.15, 0.2) is 0 Å². The van der Waals surface area contributed by atoms with Crippen molar-refractivity contribution in [3.63, 3.8) is 0 Å². The lowest BCUT2D eigenvalue weighted by Gasteiger charge is -2.32. The van der Waals surface area contributed by atoms with Crippen LogP contribution in [0.4, 0.5) is 0 Å². The van der Waals surface area contributed by atoms with Crippen molar-refractivity contribution in [1.82, 2.24) is 0 Å². The summed E-state index contributed by atoms with van der Waals surface area (Å²) in [6, 6.07) is 0. The van der Waals surface area contributed by atoms with Gasteiger partial charge in [-0.2, -0.15) is 0 Å². The van der Waals surface area contributed by atoms with Gasteiger partial charge in [-0.05, 0) is 40.4 Å². The van der Waals surface area contributed by atoms with E-state index in [2.05, 4.69) is 43.6 Å². The molecule has 0 saturated carbocycles. The van der Waals surface area contributed by atoms with Crippen molar-refractivity contribution in [3.05, 3.63) is 0 Å². The molecular weight excluding hydrogens is 255 g/mol. The third-order valence-corrected chi connectivity index (χ3v) is 3.94. The Balaban J connectivity index is 2.30. The van der Waals surface area contributed by atoms with Crippen LogP contribution in [-0.4, -0.2) is 23.7 Å². The van der Waals surface area contributed by atoms with Crippen molar-refractivity contribution in [2.24, 2.45) is 0 Å². The first-order chi connectivity index (χ1) is 6.89. The second kappa shape index (κ2) is 5.20. The van der Waals surface area contributed by atoms with E-state index in [-0.39, 0.29) is 18.3 Å². The zero-order valence-corrected chi connectivity index (χ0v) is 11.9. The fraction of sp³-hybridized carbons (Fsp3) is 1.00. The minimum Gasteiger partial charge on any atom is -0.403 e. The summed E-state index contributed by atoms with van der Waals surface area (Å²) in [5, 5.41) is 1.09. The van der Waals surface area contributed by atoms with Crippen LogP contribution in [0.2, 0.25) is 6.32 Å². The van der Waals surface area contributed by atoms with Crippen LogP contribution in [0.3, 0.4) is 0 Å². The third-order valence-electron chi connectivity index (χ3n) is 3.38. The highest BCUT2D eigenvalue weighted by Crippen LogP contribution is 2.38. The molecule has 0 aliphatic carbocycles. The third kappa shape index (κ3) is 3.47. The second-order valence-electron chi connectivity index (χ2n) is 5.22. The Labute approximate surface area is 102 Å². The van der Waals surface area contributed by atoms with Crippen molar-refractivity contribution in [2.75, 3.05) is 5.33 Å². The predicted octanol–water partition coefficient (Wildman–Crippen LogP) is 3.64. The number of rotatable bonds is 5. The number of hydrogen-bond donors (Lipinski definition) is 0. The lowest BCUT2D eigenvalue weighted by atomic mass is 9.82. The number of unbranched alkanes of at least 4 members (excludes halogenated alkanes) is 2. The largest absolute Gasteiger partial charge is 0.457 e. The van der Waals surface area contributed by atoms with Crippen LogP contribution in [0.25, 0.3) is 0 Å². The Kier molecular flexibility index (Phi) is 4.69. The molecule has 0 spiro atoms. The SMILES string of the molecule is CC1(C)OB(CCCCCBr)OC1(C)C. The van der Waals surface area contributed by atoms with Gasteiger partial charge in [0.25, 0.3) is 0 Å². The fourth-order valence-electron chi connectivity index (χ4n) is 1.67. The van der Waals surface area contributed by atoms with Crippen LogP contribution in [0.15, 0.2) is 0 Å². The van der Waals surface area contributed by atoms with E-state index >= 15 is 0 Å². The Bertz CT molecular complexity index is 191. The molecule has 0 amide bonds. The molecule has 0 aromatic carbocycles. The molecule has 2 nitrogen and oxygen atoms in total. The average molecular weight is 277 g/mol. The first-order valence-corrected chi connectivity index (χ1v) is 6.93. The zero-order chi connectivity index (χ0) is 11.5. The molecule has 1 rings (SSSR count). The fourth-order valence-corrected chi connectivity index (χ4v) is 2.06. The van der Waals surface area contributed by atoms with Crippen LogP contribution in [0.5, 0.6) is 0 Å². The molecule has 0 unspecified atom stereocenters. The van der Waals surface area contributed by atoms with E-state index in [0.717, 1.165) is 11.7 Å². The molecule has 4 heteroatoms. The van der Waals surface area contributed by atoms with Gasteiger partial charge in [-0.25, -0.2) is 0 Å². The summed E-state index contributed by atoms with van der Waals surface area (Å²) < 4.78 is 11.8. The summed E-state index contributed by atoms with van der Waals surface area (Å²) in [6.45, 7) is 8.41. The second-order valence-corrected chi connectivity index (χ2v) is 6.02. The highest BCUT2D eigenvalue weighted by atomic mass is 79.9. The summed E-state index contributed by atoms with van der Waals surface area (Å²) in [5.41, 5.74) is -0.347. The van der Waals surface area contributed by atoms with E-state index in [1.54, 1.807) is 0 Å². The summed E-state index contributed by atoms with van der Waals surface area (Å²) in [7, 11) is -0.00896. The molecule has 1 saturated heterocycles. The smallest absolute Gasteiger partial charge is 0.403 e. The Morgan fingerprint density at radius 1 is 0.933 bits per heavy atom. The number of alkyl halides is 1. The van der Waals surface area contributed by atoms with Crippen LogP contribution >= 0.6 is 15.9 Å². The number of hydrogen-bond acceptors (Lipinski definition) is 2. The van der Waals surface area contributed by atoms with E-state index in [4.69, 9.17) is 9.31 Å². The minimum atomic E-state index is -0.174. The molecule has 1 aliphatic heterocycles. The quantitative estimate of drug-likeness (QED) is 0.434. The van der Waals surface area contributed by atoms with Crippen molar-refractivity contribution >= 4 is 23.0 Å². The summed E-state index contributed by atoms with van der Waals surface area (Å²) in [5.74, 6) is 0. The molecule has 1 fully saturated rings. The molecule has 88 valence electrons. The first kappa shape index (κ1) is 13.5. The summed E-state index contributed by atoms with van der Waals surface area (Å²) in [4.78, 5) is 0. The molecule has 1 aliphatic rings. The molecule has 0 atom stereocenters. The standard InChI is InChI=1S/C11H22BBrO2/c1-10(2)11(3,4)15-12(14-10)8-6-5-7-9-13/h5-9H2,1-4H3. The van der Waals surface area contributed by atoms with Crippen molar-refractivity contribution in [3.8, 4) is 0 Å².